The van der Waals surface area contributed by atoms with Crippen molar-refractivity contribution in [1.82, 2.24) is 15.3 Å². The summed E-state index contributed by atoms with van der Waals surface area (Å²) in [4.78, 5) is 33.0. The Morgan fingerprint density at radius 2 is 1.92 bits per heavy atom. The number of carbonyl (C=O) groups excluding carboxylic acids is 1. The number of nitrogens with one attached hydrogen (secondary N) is 2. The minimum atomic E-state index is -4.62. The van der Waals surface area contributed by atoms with E-state index in [4.69, 9.17) is 4.74 Å². The van der Waals surface area contributed by atoms with Gasteiger partial charge in [-0.15, -0.1) is 0 Å². The molecule has 5 rings (SSSR count). The zero-order valence-corrected chi connectivity index (χ0v) is 20.6. The van der Waals surface area contributed by atoms with E-state index in [0.717, 1.165) is 0 Å². The first-order valence-electron chi connectivity index (χ1n) is 12.0. The number of carbonyl (C=O) groups is 1. The van der Waals surface area contributed by atoms with Crippen LogP contribution in [0.4, 0.5) is 29.1 Å². The van der Waals surface area contributed by atoms with Crippen LogP contribution in [0.5, 0.6) is 0 Å². The van der Waals surface area contributed by atoms with E-state index in [9.17, 15) is 27.2 Å². The van der Waals surface area contributed by atoms with E-state index >= 15 is 0 Å². The number of hydrogen-bond acceptors (Lipinski definition) is 5. The zero-order chi connectivity index (χ0) is 27.3. The SMILES string of the molecule is CC(C)(C#Cc1cccc2c1COCCN2c1nc(=O)[nH]c2cccc(F)c12)NC(=O)C1(C(F)(F)F)CC1. The third-order valence-corrected chi connectivity index (χ3v) is 6.75. The summed E-state index contributed by atoms with van der Waals surface area (Å²) in [5, 5.41) is 2.58. The quantitative estimate of drug-likeness (QED) is 0.391. The maximum absolute atomic E-state index is 14.9. The van der Waals surface area contributed by atoms with Gasteiger partial charge in [-0.25, -0.2) is 9.18 Å². The molecule has 1 aromatic heterocycles. The fourth-order valence-electron chi connectivity index (χ4n) is 4.54. The monoisotopic (exact) mass is 528 g/mol. The summed E-state index contributed by atoms with van der Waals surface area (Å²) >= 11 is 0. The van der Waals surface area contributed by atoms with Crippen molar-refractivity contribution in [2.75, 3.05) is 18.1 Å². The fourth-order valence-corrected chi connectivity index (χ4v) is 4.54. The van der Waals surface area contributed by atoms with Crippen molar-refractivity contribution in [3.63, 3.8) is 0 Å². The van der Waals surface area contributed by atoms with E-state index < -0.39 is 34.5 Å². The summed E-state index contributed by atoms with van der Waals surface area (Å²) < 4.78 is 60.7. The average Bonchev–Trinajstić information content (AvgIpc) is 3.66. The van der Waals surface area contributed by atoms with E-state index in [0.29, 0.717) is 22.3 Å². The second-order valence-corrected chi connectivity index (χ2v) is 9.94. The van der Waals surface area contributed by atoms with Crippen molar-refractivity contribution in [2.24, 2.45) is 5.41 Å². The lowest BCUT2D eigenvalue weighted by Crippen LogP contribution is -2.49. The Kier molecular flexibility index (Phi) is 6.18. The van der Waals surface area contributed by atoms with Gasteiger partial charge in [0.15, 0.2) is 5.82 Å². The summed E-state index contributed by atoms with van der Waals surface area (Å²) in [6.45, 7) is 3.76. The van der Waals surface area contributed by atoms with Crippen LogP contribution in [-0.2, 0) is 16.1 Å². The topological polar surface area (TPSA) is 87.3 Å². The molecule has 38 heavy (non-hydrogen) atoms. The minimum absolute atomic E-state index is 0.133. The highest BCUT2D eigenvalue weighted by Crippen LogP contribution is 2.57. The number of nitrogens with zero attached hydrogens (tertiary/aromatic N) is 2. The maximum Gasteiger partial charge on any atom is 0.403 e. The Morgan fingerprint density at radius 1 is 1.18 bits per heavy atom. The summed E-state index contributed by atoms with van der Waals surface area (Å²) in [7, 11) is 0. The first kappa shape index (κ1) is 25.7. The lowest BCUT2D eigenvalue weighted by atomic mass is 9.99. The van der Waals surface area contributed by atoms with Crippen molar-refractivity contribution >= 4 is 28.3 Å². The predicted octanol–water partition coefficient (Wildman–Crippen LogP) is 4.32. The molecule has 1 saturated carbocycles. The van der Waals surface area contributed by atoms with Crippen LogP contribution in [0, 0.1) is 23.1 Å². The number of rotatable bonds is 3. The highest BCUT2D eigenvalue weighted by Gasteiger charge is 2.68. The lowest BCUT2D eigenvalue weighted by molar-refractivity contribution is -0.192. The van der Waals surface area contributed by atoms with Gasteiger partial charge < -0.3 is 19.9 Å². The van der Waals surface area contributed by atoms with Crippen molar-refractivity contribution in [3.05, 3.63) is 63.8 Å². The molecule has 0 unspecified atom stereocenters. The van der Waals surface area contributed by atoms with Gasteiger partial charge in [0.05, 0.1) is 29.7 Å². The Bertz CT molecular complexity index is 1550. The van der Waals surface area contributed by atoms with Gasteiger partial charge in [0.1, 0.15) is 11.2 Å². The molecule has 7 nitrogen and oxygen atoms in total. The van der Waals surface area contributed by atoms with Crippen LogP contribution in [0.2, 0.25) is 0 Å². The van der Waals surface area contributed by atoms with Gasteiger partial charge in [0, 0.05) is 23.4 Å². The number of benzene rings is 2. The molecule has 0 bridgehead atoms. The van der Waals surface area contributed by atoms with Gasteiger partial charge in [-0.1, -0.05) is 24.0 Å². The highest BCUT2D eigenvalue weighted by atomic mass is 19.4. The number of amides is 1. The molecule has 3 aromatic rings. The molecule has 2 aromatic carbocycles. The summed E-state index contributed by atoms with van der Waals surface area (Å²) in [6, 6.07) is 9.58. The molecule has 0 spiro atoms. The average molecular weight is 529 g/mol. The van der Waals surface area contributed by atoms with E-state index in [2.05, 4.69) is 27.1 Å². The Morgan fingerprint density at radius 3 is 2.63 bits per heavy atom. The number of hydrogen-bond donors (Lipinski definition) is 2. The van der Waals surface area contributed by atoms with Crippen LogP contribution in [0.1, 0.15) is 37.8 Å². The summed E-state index contributed by atoms with van der Waals surface area (Å²) in [5.41, 5.74) is -2.17. The number of aromatic nitrogens is 2. The number of fused-ring (bicyclic) bond motifs is 2. The fraction of sp³-hybridized carbons (Fsp3) is 0.370. The van der Waals surface area contributed by atoms with Gasteiger partial charge in [0.2, 0.25) is 5.91 Å². The van der Waals surface area contributed by atoms with Crippen LogP contribution < -0.4 is 15.9 Å². The molecule has 1 aliphatic heterocycles. The largest absolute Gasteiger partial charge is 0.403 e. The molecule has 11 heteroatoms. The minimum Gasteiger partial charge on any atom is -0.375 e. The van der Waals surface area contributed by atoms with Gasteiger partial charge in [-0.05, 0) is 51.0 Å². The molecule has 198 valence electrons. The second kappa shape index (κ2) is 9.13. The lowest BCUT2D eigenvalue weighted by Gasteiger charge is -2.26. The maximum atomic E-state index is 14.9. The Balaban J connectivity index is 1.52. The number of halogens is 4. The van der Waals surface area contributed by atoms with E-state index in [1.807, 2.05) is 0 Å². The Labute approximate surface area is 215 Å². The molecule has 1 fully saturated rings. The van der Waals surface area contributed by atoms with Gasteiger partial charge in [-0.3, -0.25) is 4.79 Å². The third kappa shape index (κ3) is 4.60. The molecule has 1 amide bonds. The number of ether oxygens (including phenoxy) is 1. The van der Waals surface area contributed by atoms with E-state index in [1.54, 1.807) is 29.2 Å². The molecule has 0 radical (unpaired) electrons. The van der Waals surface area contributed by atoms with E-state index in [-0.39, 0.29) is 43.8 Å². The van der Waals surface area contributed by atoms with Gasteiger partial charge >= 0.3 is 11.9 Å². The smallest absolute Gasteiger partial charge is 0.375 e. The zero-order valence-electron chi connectivity index (χ0n) is 20.6. The molecule has 2 aliphatic rings. The van der Waals surface area contributed by atoms with Gasteiger partial charge in [-0.2, -0.15) is 18.2 Å². The van der Waals surface area contributed by atoms with Crippen LogP contribution in [0.25, 0.3) is 10.9 Å². The van der Waals surface area contributed by atoms with E-state index in [1.165, 1.54) is 26.0 Å². The summed E-state index contributed by atoms with van der Waals surface area (Å²) in [5.74, 6) is 4.35. The molecule has 1 aliphatic carbocycles. The number of anilines is 2. The summed E-state index contributed by atoms with van der Waals surface area (Å²) in [6.07, 6.45) is -5.09. The first-order chi connectivity index (χ1) is 17.9. The molecule has 2 N–H and O–H groups in total. The number of aromatic amines is 1. The standard InChI is InChI=1S/C27H24F4N4O3/c1-25(2,34-23(36)26(11-12-26)27(29,30)31)10-9-16-5-3-8-20-17(16)15-38-14-13-35(20)22-21-18(28)6-4-7-19(21)32-24(37)33-22/h3-8H,11-15H2,1-2H3,(H,34,36)(H,32,33,37). The molecule has 2 heterocycles. The van der Waals surface area contributed by atoms with Gasteiger partial charge in [0.25, 0.3) is 0 Å². The van der Waals surface area contributed by atoms with Crippen LogP contribution >= 0.6 is 0 Å². The van der Waals surface area contributed by atoms with Crippen molar-refractivity contribution < 1.29 is 27.1 Å². The molecule has 0 saturated heterocycles. The third-order valence-electron chi connectivity index (χ3n) is 6.75. The normalized spacial score (nSPS) is 16.7. The molecular formula is C27H24F4N4O3. The second-order valence-electron chi connectivity index (χ2n) is 9.94. The molecular weight excluding hydrogens is 504 g/mol. The van der Waals surface area contributed by atoms with Crippen molar-refractivity contribution in [1.29, 1.82) is 0 Å². The van der Waals surface area contributed by atoms with Crippen LogP contribution in [0.3, 0.4) is 0 Å². The highest BCUT2D eigenvalue weighted by molar-refractivity contribution is 5.92. The van der Waals surface area contributed by atoms with Crippen molar-refractivity contribution in [3.8, 4) is 11.8 Å². The predicted molar refractivity (Wildman–Crippen MR) is 132 cm³/mol. The number of H-pyrrole nitrogens is 1. The number of alkyl halides is 3. The molecule has 0 atom stereocenters. The van der Waals surface area contributed by atoms with Crippen LogP contribution in [0.15, 0.2) is 41.2 Å². The first-order valence-corrected chi connectivity index (χ1v) is 12.0. The van der Waals surface area contributed by atoms with Crippen LogP contribution in [-0.4, -0.2) is 40.7 Å². The Hall–Kier alpha value is -3.91. The van der Waals surface area contributed by atoms with Crippen molar-refractivity contribution in [2.45, 2.75) is 45.0 Å².